The van der Waals surface area contributed by atoms with E-state index in [1.54, 1.807) is 18.2 Å². The van der Waals surface area contributed by atoms with Gasteiger partial charge in [-0.05, 0) is 31.4 Å². The topological polar surface area (TPSA) is 107 Å². The Labute approximate surface area is 191 Å². The fourth-order valence-electron chi connectivity index (χ4n) is 4.16. The van der Waals surface area contributed by atoms with Crippen LogP contribution >= 0.6 is 0 Å². The number of nitrogens with one attached hydrogen (secondary N) is 1. The molecule has 0 radical (unpaired) electrons. The van der Waals surface area contributed by atoms with Gasteiger partial charge in [0.15, 0.2) is 11.5 Å². The monoisotopic (exact) mass is 449 g/mol. The van der Waals surface area contributed by atoms with Crippen molar-refractivity contribution in [2.75, 3.05) is 11.9 Å². The number of amides is 2. The normalized spacial score (nSPS) is 22.2. The Morgan fingerprint density at radius 3 is 2.73 bits per heavy atom. The van der Waals surface area contributed by atoms with Crippen LogP contribution < -0.4 is 14.8 Å². The number of carbonyl (C=O) groups is 2. The van der Waals surface area contributed by atoms with Crippen molar-refractivity contribution in [3.05, 3.63) is 36.0 Å². The summed E-state index contributed by atoms with van der Waals surface area (Å²) in [6.07, 6.45) is 2.74. The lowest BCUT2D eigenvalue weighted by molar-refractivity contribution is -0.125. The predicted molar refractivity (Wildman–Crippen MR) is 123 cm³/mol. The van der Waals surface area contributed by atoms with E-state index in [1.807, 2.05) is 32.9 Å². The lowest BCUT2D eigenvalue weighted by atomic mass is 9.86. The van der Waals surface area contributed by atoms with E-state index < -0.39 is 6.10 Å². The average molecular weight is 450 g/mol. The zero-order valence-electron chi connectivity index (χ0n) is 19.0. The Morgan fingerprint density at radius 2 is 1.94 bits per heavy atom. The van der Waals surface area contributed by atoms with Gasteiger partial charge in [-0.25, -0.2) is 4.99 Å². The molecule has 9 nitrogen and oxygen atoms in total. The lowest BCUT2D eigenvalue weighted by Crippen LogP contribution is -2.41. The fraction of sp³-hybridized carbons (Fsp3) is 0.458. The third kappa shape index (κ3) is 4.15. The van der Waals surface area contributed by atoms with E-state index in [-0.39, 0.29) is 35.7 Å². The van der Waals surface area contributed by atoms with Crippen LogP contribution in [-0.4, -0.2) is 46.0 Å². The van der Waals surface area contributed by atoms with Crippen LogP contribution in [-0.2, 0) is 15.0 Å². The largest absolute Gasteiger partial charge is 0.485 e. The highest BCUT2D eigenvalue weighted by Gasteiger charge is 2.34. The van der Waals surface area contributed by atoms with Crippen LogP contribution in [0.1, 0.15) is 52.1 Å². The van der Waals surface area contributed by atoms with Gasteiger partial charge in [-0.3, -0.25) is 9.59 Å². The van der Waals surface area contributed by atoms with Gasteiger partial charge >= 0.3 is 0 Å². The highest BCUT2D eigenvalue weighted by atomic mass is 16.6. The number of fused-ring (bicyclic) bond motifs is 2. The van der Waals surface area contributed by atoms with Crippen LogP contribution in [0.2, 0.25) is 0 Å². The minimum Gasteiger partial charge on any atom is -0.485 e. The van der Waals surface area contributed by atoms with Crippen LogP contribution in [0.4, 0.5) is 5.82 Å². The molecule has 1 N–H and O–H groups in total. The van der Waals surface area contributed by atoms with Gasteiger partial charge in [-0.1, -0.05) is 39.3 Å². The maximum absolute atomic E-state index is 13.1. The summed E-state index contributed by atoms with van der Waals surface area (Å²) in [5.74, 6) is 0.894. The van der Waals surface area contributed by atoms with Gasteiger partial charge in [0.05, 0.1) is 11.6 Å². The summed E-state index contributed by atoms with van der Waals surface area (Å²) in [6.45, 7) is 6.16. The Hall–Kier alpha value is -3.49. The second kappa shape index (κ2) is 8.13. The number of nitrogens with zero attached hydrogens (tertiary/aromatic N) is 4. The molecule has 0 bridgehead atoms. The van der Waals surface area contributed by atoms with E-state index in [9.17, 15) is 9.59 Å². The first kappa shape index (κ1) is 21.4. The molecule has 2 atom stereocenters. The first-order valence-corrected chi connectivity index (χ1v) is 11.3. The molecule has 2 unspecified atom stereocenters. The number of anilines is 1. The second-order valence-electron chi connectivity index (χ2n) is 9.58. The summed E-state index contributed by atoms with van der Waals surface area (Å²) >= 11 is 0. The number of aromatic nitrogens is 2. The van der Waals surface area contributed by atoms with Gasteiger partial charge < -0.3 is 14.8 Å². The molecule has 33 heavy (non-hydrogen) atoms. The number of rotatable bonds is 2. The van der Waals surface area contributed by atoms with Crippen LogP contribution in [0.5, 0.6) is 11.5 Å². The number of hydrogen-bond donors (Lipinski definition) is 1. The van der Waals surface area contributed by atoms with Gasteiger partial charge in [-0.15, -0.1) is 0 Å². The molecule has 1 aliphatic carbocycles. The molecule has 0 spiro atoms. The van der Waals surface area contributed by atoms with E-state index >= 15 is 0 Å². The SMILES string of the molecule is CC(C)(C)c1cc(NC(=O)C2COc3ccccc3O2)n(C2=NC(=O)C3CCCCC3=N2)n1. The summed E-state index contributed by atoms with van der Waals surface area (Å²) in [6, 6.07) is 9.01. The predicted octanol–water partition coefficient (Wildman–Crippen LogP) is 3.33. The summed E-state index contributed by atoms with van der Waals surface area (Å²) in [5.41, 5.74) is 1.31. The molecule has 3 aliphatic rings. The summed E-state index contributed by atoms with van der Waals surface area (Å²) in [5, 5.41) is 7.53. The van der Waals surface area contributed by atoms with Crippen molar-refractivity contribution in [2.45, 2.75) is 58.0 Å². The molecule has 2 amide bonds. The van der Waals surface area contributed by atoms with E-state index in [0.717, 1.165) is 37.1 Å². The number of ether oxygens (including phenoxy) is 2. The number of hydrogen-bond acceptors (Lipinski definition) is 6. The summed E-state index contributed by atoms with van der Waals surface area (Å²) < 4.78 is 13.0. The zero-order valence-corrected chi connectivity index (χ0v) is 19.0. The third-order valence-electron chi connectivity index (χ3n) is 6.05. The number of para-hydroxylation sites is 2. The molecule has 9 heteroatoms. The van der Waals surface area contributed by atoms with E-state index in [1.165, 1.54) is 4.68 Å². The standard InChI is InChI=1S/C24H27N5O4/c1-24(2,3)19-12-20(26-22(31)18-13-32-16-10-6-7-11-17(16)33-18)29(28-19)23-25-15-9-5-4-8-14(15)21(30)27-23/h6-7,10-12,14,18H,4-5,8-9,13H2,1-3H3,(H,26,31). The van der Waals surface area contributed by atoms with E-state index in [4.69, 9.17) is 9.47 Å². The Bertz CT molecular complexity index is 1170. The van der Waals surface area contributed by atoms with Crippen molar-refractivity contribution in [3.63, 3.8) is 0 Å². The van der Waals surface area contributed by atoms with Crippen molar-refractivity contribution >= 4 is 29.3 Å². The van der Waals surface area contributed by atoms with Gasteiger partial charge in [0, 0.05) is 17.2 Å². The Kier molecular flexibility index (Phi) is 5.26. The van der Waals surface area contributed by atoms with Gasteiger partial charge in [0.25, 0.3) is 17.8 Å². The highest BCUT2D eigenvalue weighted by molar-refractivity contribution is 6.16. The average Bonchev–Trinajstić information content (AvgIpc) is 3.23. The van der Waals surface area contributed by atoms with Crippen molar-refractivity contribution in [1.82, 2.24) is 9.78 Å². The number of aliphatic imine (C=N–C) groups is 2. The summed E-state index contributed by atoms with van der Waals surface area (Å²) in [7, 11) is 0. The molecule has 1 fully saturated rings. The molecule has 0 saturated heterocycles. The van der Waals surface area contributed by atoms with Crippen molar-refractivity contribution < 1.29 is 19.1 Å². The first-order valence-electron chi connectivity index (χ1n) is 11.3. The van der Waals surface area contributed by atoms with Gasteiger partial charge in [0.1, 0.15) is 12.4 Å². The third-order valence-corrected chi connectivity index (χ3v) is 6.05. The molecule has 3 heterocycles. The zero-order chi connectivity index (χ0) is 23.2. The Balaban J connectivity index is 1.44. The quantitative estimate of drug-likeness (QED) is 0.757. The number of benzene rings is 1. The Morgan fingerprint density at radius 1 is 1.15 bits per heavy atom. The smallest absolute Gasteiger partial charge is 0.270 e. The number of carbonyl (C=O) groups excluding carboxylic acids is 2. The van der Waals surface area contributed by atoms with Crippen LogP contribution in [0.25, 0.3) is 0 Å². The van der Waals surface area contributed by atoms with Crippen molar-refractivity contribution in [1.29, 1.82) is 0 Å². The minimum atomic E-state index is -0.828. The van der Waals surface area contributed by atoms with Crippen LogP contribution in [0.3, 0.4) is 0 Å². The molecule has 172 valence electrons. The van der Waals surface area contributed by atoms with Crippen LogP contribution in [0, 0.1) is 5.92 Å². The summed E-state index contributed by atoms with van der Waals surface area (Å²) in [4.78, 5) is 34.6. The molecule has 1 saturated carbocycles. The van der Waals surface area contributed by atoms with E-state index in [0.29, 0.717) is 17.3 Å². The second-order valence-corrected chi connectivity index (χ2v) is 9.58. The van der Waals surface area contributed by atoms with Gasteiger partial charge in [-0.2, -0.15) is 14.8 Å². The molecule has 2 aliphatic heterocycles. The lowest BCUT2D eigenvalue weighted by Gasteiger charge is -2.26. The van der Waals surface area contributed by atoms with E-state index in [2.05, 4.69) is 20.4 Å². The molecule has 2 aromatic rings. The molecular weight excluding hydrogens is 422 g/mol. The molecule has 5 rings (SSSR count). The first-order chi connectivity index (χ1) is 15.8. The van der Waals surface area contributed by atoms with Crippen molar-refractivity contribution in [2.24, 2.45) is 15.9 Å². The van der Waals surface area contributed by atoms with Crippen molar-refractivity contribution in [3.8, 4) is 11.5 Å². The molecule has 1 aromatic carbocycles. The molecule has 1 aromatic heterocycles. The molecular formula is C24H27N5O4. The fourth-order valence-corrected chi connectivity index (χ4v) is 4.16. The van der Waals surface area contributed by atoms with Gasteiger partial charge in [0.2, 0.25) is 6.10 Å². The van der Waals surface area contributed by atoms with Crippen LogP contribution in [0.15, 0.2) is 40.3 Å². The maximum atomic E-state index is 13.1. The maximum Gasteiger partial charge on any atom is 0.270 e. The minimum absolute atomic E-state index is 0.0898. The highest BCUT2D eigenvalue weighted by Crippen LogP contribution is 2.32.